The van der Waals surface area contributed by atoms with Crippen LogP contribution in [0.4, 0.5) is 0 Å². The molecule has 1 rings (SSSR count). The van der Waals surface area contributed by atoms with Crippen LogP contribution in [0.2, 0.25) is 0 Å². The highest BCUT2D eigenvalue weighted by Crippen LogP contribution is 1.84. The number of hydrogen-bond donors (Lipinski definition) is 0. The van der Waals surface area contributed by atoms with Crippen molar-refractivity contribution < 1.29 is 9.48 Å². The molecule has 1 aliphatic rings. The van der Waals surface area contributed by atoms with Gasteiger partial charge in [0, 0.05) is 6.08 Å². The minimum absolute atomic E-state index is 0.656. The van der Waals surface area contributed by atoms with Gasteiger partial charge in [-0.3, -0.25) is 0 Å². The minimum Gasteiger partial charge on any atom is -0.619 e. The van der Waals surface area contributed by atoms with Crippen molar-refractivity contribution in [1.82, 2.24) is 0 Å². The number of hydroxylamine groups is 1. The van der Waals surface area contributed by atoms with Crippen LogP contribution in [0.5, 0.6) is 0 Å². The molecule has 3 nitrogen and oxygen atoms in total. The van der Waals surface area contributed by atoms with Gasteiger partial charge in [-0.2, -0.15) is 4.74 Å². The summed E-state index contributed by atoms with van der Waals surface area (Å²) in [6, 6.07) is 0. The largest absolute Gasteiger partial charge is 0.619 e. The second-order valence-electron chi connectivity index (χ2n) is 1.26. The monoisotopic (exact) mass is 111 g/mol. The van der Waals surface area contributed by atoms with Gasteiger partial charge in [0.05, 0.1) is 6.26 Å². The predicted molar refractivity (Wildman–Crippen MR) is 29.1 cm³/mol. The Morgan fingerprint density at radius 1 is 1.38 bits per heavy atom. The molecule has 1 heterocycles. The second kappa shape index (κ2) is 2.16. The quantitative estimate of drug-likeness (QED) is 0.338. The van der Waals surface area contributed by atoms with E-state index >= 15 is 0 Å². The highest BCUT2D eigenvalue weighted by atomic mass is 16.5. The topological polar surface area (TPSA) is 35.3 Å². The van der Waals surface area contributed by atoms with E-state index in [0.29, 0.717) is 4.74 Å². The molecule has 0 saturated carbocycles. The molecule has 0 aromatic carbocycles. The lowest BCUT2D eigenvalue weighted by Gasteiger charge is -1.88. The Kier molecular flexibility index (Phi) is 1.32. The summed E-state index contributed by atoms with van der Waals surface area (Å²) in [6.07, 6.45) is 6.89. The molecule has 0 unspecified atom stereocenters. The van der Waals surface area contributed by atoms with E-state index in [0.717, 1.165) is 0 Å². The molecular weight excluding hydrogens is 106 g/mol. The zero-order chi connectivity index (χ0) is 5.82. The first-order valence-corrected chi connectivity index (χ1v) is 2.17. The van der Waals surface area contributed by atoms with Gasteiger partial charge in [0.1, 0.15) is 0 Å². The first-order chi connectivity index (χ1) is 3.89. The van der Waals surface area contributed by atoms with Crippen LogP contribution in [0.15, 0.2) is 24.8 Å². The molecular formula is C5H5NO2. The normalized spacial score (nSPS) is 16.8. The second-order valence-corrected chi connectivity index (χ2v) is 1.26. The maximum Gasteiger partial charge on any atom is 0.215 e. The van der Waals surface area contributed by atoms with E-state index in [4.69, 9.17) is 0 Å². The first-order valence-electron chi connectivity index (χ1n) is 2.17. The van der Waals surface area contributed by atoms with Crippen molar-refractivity contribution in [3.8, 4) is 0 Å². The zero-order valence-electron chi connectivity index (χ0n) is 4.15. The Morgan fingerprint density at radius 3 is 3.12 bits per heavy atom. The third-order valence-electron chi connectivity index (χ3n) is 0.676. The van der Waals surface area contributed by atoms with Crippen molar-refractivity contribution >= 4 is 6.21 Å². The zero-order valence-corrected chi connectivity index (χ0v) is 4.15. The summed E-state index contributed by atoms with van der Waals surface area (Å²) in [6.45, 7) is 0. The molecule has 0 N–H and O–H groups in total. The molecule has 0 fully saturated rings. The molecule has 0 aliphatic carbocycles. The smallest absolute Gasteiger partial charge is 0.215 e. The van der Waals surface area contributed by atoms with Crippen molar-refractivity contribution in [3.63, 3.8) is 0 Å². The van der Waals surface area contributed by atoms with Gasteiger partial charge in [0.2, 0.25) is 6.20 Å². The maximum atomic E-state index is 10.3. The van der Waals surface area contributed by atoms with Crippen molar-refractivity contribution in [2.24, 2.45) is 0 Å². The van der Waals surface area contributed by atoms with E-state index in [1.165, 1.54) is 31.0 Å². The minimum atomic E-state index is 0.656. The average Bonchev–Trinajstić information content (AvgIpc) is 1.94. The summed E-state index contributed by atoms with van der Waals surface area (Å²) >= 11 is 0. The van der Waals surface area contributed by atoms with Gasteiger partial charge < -0.3 is 9.94 Å². The fourth-order valence-corrected chi connectivity index (χ4v) is 0.355. The van der Waals surface area contributed by atoms with Crippen molar-refractivity contribution in [3.05, 3.63) is 30.0 Å². The summed E-state index contributed by atoms with van der Waals surface area (Å²) < 4.78 is 5.29. The van der Waals surface area contributed by atoms with Crippen LogP contribution in [0.25, 0.3) is 0 Å². The predicted octanol–water partition coefficient (Wildman–Crippen LogP) is 0.583. The fourth-order valence-electron chi connectivity index (χ4n) is 0.355. The fraction of sp³-hybridized carbons (Fsp3) is 0. The SMILES string of the molecule is [O-][N+]1=CC=COC=C1. The lowest BCUT2D eigenvalue weighted by Crippen LogP contribution is -1.89. The summed E-state index contributed by atoms with van der Waals surface area (Å²) in [7, 11) is 0. The van der Waals surface area contributed by atoms with Crippen LogP contribution >= 0.6 is 0 Å². The van der Waals surface area contributed by atoms with E-state index in [9.17, 15) is 5.21 Å². The van der Waals surface area contributed by atoms with Crippen LogP contribution in [-0.4, -0.2) is 11.0 Å². The molecule has 0 aromatic heterocycles. The van der Waals surface area contributed by atoms with E-state index in [1.807, 2.05) is 0 Å². The van der Waals surface area contributed by atoms with Gasteiger partial charge in [-0.25, -0.2) is 0 Å². The average molecular weight is 111 g/mol. The Bertz CT molecular complexity index is 158. The molecule has 0 aromatic rings. The summed E-state index contributed by atoms with van der Waals surface area (Å²) in [5, 5.41) is 10.3. The van der Waals surface area contributed by atoms with E-state index in [-0.39, 0.29) is 0 Å². The first kappa shape index (κ1) is 4.90. The molecule has 42 valence electrons. The molecule has 0 saturated heterocycles. The summed E-state index contributed by atoms with van der Waals surface area (Å²) in [5.74, 6) is 0. The van der Waals surface area contributed by atoms with Crippen LogP contribution in [0.1, 0.15) is 0 Å². The lowest BCUT2D eigenvalue weighted by atomic mass is 10.7. The van der Waals surface area contributed by atoms with Crippen molar-refractivity contribution in [2.75, 3.05) is 0 Å². The van der Waals surface area contributed by atoms with Gasteiger partial charge >= 0.3 is 0 Å². The lowest BCUT2D eigenvalue weighted by molar-refractivity contribution is -0.372. The van der Waals surface area contributed by atoms with Crippen LogP contribution in [0, 0.1) is 5.21 Å². The highest BCUT2D eigenvalue weighted by Gasteiger charge is 1.84. The summed E-state index contributed by atoms with van der Waals surface area (Å²) in [4.78, 5) is 0. The highest BCUT2D eigenvalue weighted by molar-refractivity contribution is 5.66. The molecule has 3 heteroatoms. The van der Waals surface area contributed by atoms with Gasteiger partial charge in [0.15, 0.2) is 12.5 Å². The number of hydrogen-bond acceptors (Lipinski definition) is 2. The van der Waals surface area contributed by atoms with E-state index < -0.39 is 0 Å². The van der Waals surface area contributed by atoms with Gasteiger partial charge in [-0.1, -0.05) is 0 Å². The van der Waals surface area contributed by atoms with Crippen LogP contribution in [0.3, 0.4) is 0 Å². The van der Waals surface area contributed by atoms with E-state index in [2.05, 4.69) is 4.74 Å². The van der Waals surface area contributed by atoms with E-state index in [1.54, 1.807) is 0 Å². The Hall–Kier alpha value is -1.25. The van der Waals surface area contributed by atoms with Gasteiger partial charge in [0.25, 0.3) is 0 Å². The maximum absolute atomic E-state index is 10.3. The molecule has 0 bridgehead atoms. The number of allylic oxidation sites excluding steroid dienone is 1. The number of ether oxygens (including phenoxy) is 1. The van der Waals surface area contributed by atoms with Crippen molar-refractivity contribution in [2.45, 2.75) is 0 Å². The van der Waals surface area contributed by atoms with Gasteiger partial charge in [-0.05, 0) is 0 Å². The Labute approximate surface area is 46.8 Å². The molecule has 0 atom stereocenters. The Morgan fingerprint density at radius 2 is 2.25 bits per heavy atom. The molecule has 8 heavy (non-hydrogen) atoms. The summed E-state index contributed by atoms with van der Waals surface area (Å²) in [5.41, 5.74) is 0. The Balaban J connectivity index is 2.73. The van der Waals surface area contributed by atoms with Crippen LogP contribution < -0.4 is 0 Å². The molecule has 0 radical (unpaired) electrons. The number of rotatable bonds is 0. The third-order valence-corrected chi connectivity index (χ3v) is 0.676. The van der Waals surface area contributed by atoms with Gasteiger partial charge in [-0.15, -0.1) is 0 Å². The molecule has 0 amide bonds. The molecule has 0 spiro atoms. The third kappa shape index (κ3) is 1.11. The van der Waals surface area contributed by atoms with Crippen LogP contribution in [-0.2, 0) is 4.74 Å². The standard InChI is InChI=1S/C5H5NO2/c7-6-2-1-4-8-5-3-6/h1-5H. The molecule has 1 aliphatic heterocycles. The van der Waals surface area contributed by atoms with Crippen molar-refractivity contribution in [1.29, 1.82) is 0 Å². The number of nitrogens with zero attached hydrogens (tertiary/aromatic N) is 1.